The van der Waals surface area contributed by atoms with Gasteiger partial charge >= 0.3 is 0 Å². The normalized spacial score (nSPS) is 10.7. The summed E-state index contributed by atoms with van der Waals surface area (Å²) in [7, 11) is 0. The van der Waals surface area contributed by atoms with Crippen LogP contribution in [0.2, 0.25) is 5.22 Å². The number of benzene rings is 1. The molecule has 0 aliphatic carbocycles. The van der Waals surface area contributed by atoms with E-state index in [4.69, 9.17) is 26.3 Å². The Bertz CT molecular complexity index is 777. The average molecular weight is 303 g/mol. The van der Waals surface area contributed by atoms with Crippen molar-refractivity contribution in [1.29, 1.82) is 0 Å². The summed E-state index contributed by atoms with van der Waals surface area (Å²) in [6.07, 6.45) is -0.0360. The van der Waals surface area contributed by atoms with Gasteiger partial charge in [0.1, 0.15) is 0 Å². The van der Waals surface area contributed by atoms with Gasteiger partial charge in [0.2, 0.25) is 5.91 Å². The summed E-state index contributed by atoms with van der Waals surface area (Å²) in [6.45, 7) is 0. The second-order valence-corrected chi connectivity index (χ2v) is 4.81. The minimum absolute atomic E-state index is 0.0360. The molecule has 5 nitrogen and oxygen atoms in total. The highest BCUT2D eigenvalue weighted by atomic mass is 35.5. The number of nitrogens with zero attached hydrogens (tertiary/aromatic N) is 1. The van der Waals surface area contributed by atoms with Crippen molar-refractivity contribution in [2.24, 2.45) is 5.73 Å². The molecule has 1 aromatic carbocycles. The van der Waals surface area contributed by atoms with Crippen molar-refractivity contribution in [3.05, 3.63) is 53.4 Å². The van der Waals surface area contributed by atoms with Gasteiger partial charge in [-0.15, -0.1) is 0 Å². The maximum Gasteiger partial charge on any atom is 0.225 e. The van der Waals surface area contributed by atoms with Crippen LogP contribution in [0.4, 0.5) is 0 Å². The first-order valence-corrected chi connectivity index (χ1v) is 6.61. The van der Waals surface area contributed by atoms with Crippen LogP contribution >= 0.6 is 11.6 Å². The van der Waals surface area contributed by atoms with E-state index in [-0.39, 0.29) is 11.6 Å². The molecule has 106 valence electrons. The van der Waals surface area contributed by atoms with Crippen molar-refractivity contribution in [2.75, 3.05) is 0 Å². The molecule has 2 heterocycles. The average Bonchev–Trinajstić information content (AvgIpc) is 3.05. The number of aromatic nitrogens is 1. The van der Waals surface area contributed by atoms with Crippen LogP contribution in [0.3, 0.4) is 0 Å². The molecule has 0 aliphatic rings. The minimum Gasteiger partial charge on any atom is -0.443 e. The van der Waals surface area contributed by atoms with Crippen LogP contribution in [0.1, 0.15) is 5.76 Å². The van der Waals surface area contributed by atoms with E-state index < -0.39 is 5.91 Å². The number of amides is 1. The van der Waals surface area contributed by atoms with Gasteiger partial charge in [0.25, 0.3) is 0 Å². The van der Waals surface area contributed by atoms with Crippen molar-refractivity contribution in [2.45, 2.75) is 6.42 Å². The fraction of sp³-hybridized carbons (Fsp3) is 0.0667. The van der Waals surface area contributed by atoms with E-state index in [2.05, 4.69) is 5.16 Å². The number of rotatable bonds is 4. The lowest BCUT2D eigenvalue weighted by Gasteiger charge is -2.02. The van der Waals surface area contributed by atoms with Crippen LogP contribution in [-0.2, 0) is 11.2 Å². The summed E-state index contributed by atoms with van der Waals surface area (Å²) >= 11 is 5.80. The first-order valence-electron chi connectivity index (χ1n) is 6.23. The third-order valence-electron chi connectivity index (χ3n) is 2.97. The molecule has 3 rings (SSSR count). The zero-order valence-electron chi connectivity index (χ0n) is 10.9. The molecular weight excluding hydrogens is 292 g/mol. The predicted molar refractivity (Wildman–Crippen MR) is 77.5 cm³/mol. The number of hydrogen-bond donors (Lipinski definition) is 1. The Morgan fingerprint density at radius 3 is 2.57 bits per heavy atom. The highest BCUT2D eigenvalue weighted by molar-refractivity contribution is 6.29. The van der Waals surface area contributed by atoms with Gasteiger partial charge in [0, 0.05) is 0 Å². The van der Waals surface area contributed by atoms with Gasteiger partial charge in [0.05, 0.1) is 12.0 Å². The molecule has 0 atom stereocenters. The van der Waals surface area contributed by atoms with Crippen molar-refractivity contribution in [1.82, 2.24) is 5.16 Å². The molecule has 0 aliphatic heterocycles. The molecule has 0 unspecified atom stereocenters. The number of nitrogens with two attached hydrogens (primary N) is 1. The topological polar surface area (TPSA) is 82.3 Å². The summed E-state index contributed by atoms with van der Waals surface area (Å²) in [5.74, 6) is 0.377. The Hall–Kier alpha value is -2.53. The molecule has 2 aromatic heterocycles. The molecular formula is C15H11ClN2O3. The quantitative estimate of drug-likeness (QED) is 0.801. The van der Waals surface area contributed by atoms with Gasteiger partial charge in [0.15, 0.2) is 22.4 Å². The lowest BCUT2D eigenvalue weighted by atomic mass is 10.0. The second-order valence-electron chi connectivity index (χ2n) is 4.44. The van der Waals surface area contributed by atoms with Crippen molar-refractivity contribution in [3.63, 3.8) is 0 Å². The standard InChI is InChI=1S/C15H11ClN2O3/c16-12-7-6-10(20-12)15-14(9-4-2-1-3-5-9)11(21-18-15)8-13(17)19/h1-7H,8H2,(H2,17,19). The number of halogens is 1. The molecule has 3 aromatic rings. The molecule has 21 heavy (non-hydrogen) atoms. The van der Waals surface area contributed by atoms with Gasteiger partial charge in [-0.1, -0.05) is 35.5 Å². The van der Waals surface area contributed by atoms with Crippen molar-refractivity contribution in [3.8, 4) is 22.6 Å². The predicted octanol–water partition coefficient (Wildman–Crippen LogP) is 3.28. The molecule has 1 amide bonds. The van der Waals surface area contributed by atoms with Crippen LogP contribution in [0, 0.1) is 0 Å². The van der Waals surface area contributed by atoms with E-state index in [1.807, 2.05) is 30.3 Å². The van der Waals surface area contributed by atoms with Crippen LogP contribution in [0.5, 0.6) is 0 Å². The van der Waals surface area contributed by atoms with E-state index in [1.54, 1.807) is 12.1 Å². The Kier molecular flexibility index (Phi) is 3.50. The van der Waals surface area contributed by atoms with Gasteiger partial charge in [-0.25, -0.2) is 0 Å². The highest BCUT2D eigenvalue weighted by Gasteiger charge is 2.22. The van der Waals surface area contributed by atoms with Gasteiger partial charge in [-0.2, -0.15) is 0 Å². The van der Waals surface area contributed by atoms with Gasteiger partial charge < -0.3 is 14.7 Å². The molecule has 2 N–H and O–H groups in total. The molecule has 0 fully saturated rings. The maximum atomic E-state index is 11.2. The van der Waals surface area contributed by atoms with Crippen LogP contribution in [0.15, 0.2) is 51.4 Å². The zero-order valence-corrected chi connectivity index (χ0v) is 11.6. The molecule has 0 spiro atoms. The SMILES string of the molecule is NC(=O)Cc1onc(-c2ccc(Cl)o2)c1-c1ccccc1. The molecule has 0 saturated carbocycles. The summed E-state index contributed by atoms with van der Waals surface area (Å²) in [6, 6.07) is 12.8. The number of hydrogen-bond acceptors (Lipinski definition) is 4. The van der Waals surface area contributed by atoms with E-state index in [9.17, 15) is 4.79 Å². The van der Waals surface area contributed by atoms with E-state index in [0.29, 0.717) is 22.8 Å². The third kappa shape index (κ3) is 2.68. The Morgan fingerprint density at radius 1 is 1.19 bits per heavy atom. The Balaban J connectivity index is 2.17. The molecule has 0 bridgehead atoms. The van der Waals surface area contributed by atoms with Crippen molar-refractivity contribution < 1.29 is 13.7 Å². The number of primary amides is 1. The largest absolute Gasteiger partial charge is 0.443 e. The third-order valence-corrected chi connectivity index (χ3v) is 3.17. The van der Waals surface area contributed by atoms with E-state index in [0.717, 1.165) is 5.56 Å². The Morgan fingerprint density at radius 2 is 1.95 bits per heavy atom. The Labute approximate surface area is 125 Å². The smallest absolute Gasteiger partial charge is 0.225 e. The van der Waals surface area contributed by atoms with Crippen LogP contribution in [0.25, 0.3) is 22.6 Å². The van der Waals surface area contributed by atoms with Gasteiger partial charge in [-0.05, 0) is 29.3 Å². The molecule has 0 saturated heterocycles. The van der Waals surface area contributed by atoms with Crippen molar-refractivity contribution >= 4 is 17.5 Å². The first kappa shape index (κ1) is 13.5. The minimum atomic E-state index is -0.493. The zero-order chi connectivity index (χ0) is 14.8. The van der Waals surface area contributed by atoms with Crippen LogP contribution < -0.4 is 5.73 Å². The fourth-order valence-corrected chi connectivity index (χ4v) is 2.26. The highest BCUT2D eigenvalue weighted by Crippen LogP contribution is 2.36. The summed E-state index contributed by atoms with van der Waals surface area (Å²) < 4.78 is 10.6. The molecule has 6 heteroatoms. The monoisotopic (exact) mass is 302 g/mol. The lowest BCUT2D eigenvalue weighted by Crippen LogP contribution is -2.13. The summed E-state index contributed by atoms with van der Waals surface area (Å²) in [5, 5.41) is 4.25. The summed E-state index contributed by atoms with van der Waals surface area (Å²) in [5.41, 5.74) is 7.28. The lowest BCUT2D eigenvalue weighted by molar-refractivity contribution is -0.117. The first-order chi connectivity index (χ1) is 10.1. The summed E-state index contributed by atoms with van der Waals surface area (Å²) in [4.78, 5) is 11.2. The maximum absolute atomic E-state index is 11.2. The molecule has 0 radical (unpaired) electrons. The number of carbonyl (C=O) groups excluding carboxylic acids is 1. The van der Waals surface area contributed by atoms with Gasteiger partial charge in [-0.3, -0.25) is 4.79 Å². The second kappa shape index (κ2) is 5.46. The number of carbonyl (C=O) groups is 1. The number of furan rings is 1. The van der Waals surface area contributed by atoms with Crippen LogP contribution in [-0.4, -0.2) is 11.1 Å². The fourth-order valence-electron chi connectivity index (χ4n) is 2.12. The van der Waals surface area contributed by atoms with E-state index in [1.165, 1.54) is 0 Å². The van der Waals surface area contributed by atoms with E-state index >= 15 is 0 Å².